The molecule has 1 aliphatic carbocycles. The summed E-state index contributed by atoms with van der Waals surface area (Å²) in [5.74, 6) is 0. The van der Waals surface area contributed by atoms with Crippen LogP contribution in [0.3, 0.4) is 0 Å². The van der Waals surface area contributed by atoms with E-state index in [4.69, 9.17) is 16.6 Å². The molecule has 0 fully saturated rings. The van der Waals surface area contributed by atoms with Crippen LogP contribution >= 0.6 is 11.6 Å². The summed E-state index contributed by atoms with van der Waals surface area (Å²) < 4.78 is 0. The molecule has 0 atom stereocenters. The highest BCUT2D eigenvalue weighted by Gasteiger charge is 2.35. The van der Waals surface area contributed by atoms with Crippen molar-refractivity contribution in [1.82, 2.24) is 4.98 Å². The second-order valence-electron chi connectivity index (χ2n) is 7.85. The van der Waals surface area contributed by atoms with Crippen LogP contribution in [0.4, 0.5) is 0 Å². The van der Waals surface area contributed by atoms with Gasteiger partial charge in [0.2, 0.25) is 0 Å². The SMILES string of the molecule is CC1(C)c2ccccc2-c2ccc(-c3cc(Cl)cc(-c4ccccc4)n3)cc21. The lowest BCUT2D eigenvalue weighted by atomic mass is 9.82. The van der Waals surface area contributed by atoms with Gasteiger partial charge >= 0.3 is 0 Å². The standard InChI is InChI=1S/C26H20ClN/c1-26(2)22-11-7-6-10-20(22)21-13-12-18(14-23(21)26)25-16-19(27)15-24(28-25)17-8-4-3-5-9-17/h3-16H,1-2H3. The first-order valence-corrected chi connectivity index (χ1v) is 9.89. The zero-order valence-corrected chi connectivity index (χ0v) is 16.7. The molecule has 0 saturated heterocycles. The Morgan fingerprint density at radius 3 is 2.07 bits per heavy atom. The number of fused-ring (bicyclic) bond motifs is 3. The average molecular weight is 382 g/mol. The lowest BCUT2D eigenvalue weighted by Crippen LogP contribution is -2.14. The molecular formula is C26H20ClN. The molecule has 0 spiro atoms. The van der Waals surface area contributed by atoms with Gasteiger partial charge in [-0.05, 0) is 40.5 Å². The molecule has 1 heterocycles. The van der Waals surface area contributed by atoms with Crippen LogP contribution in [0.2, 0.25) is 5.02 Å². The highest BCUT2D eigenvalue weighted by Crippen LogP contribution is 2.49. The van der Waals surface area contributed by atoms with Crippen LogP contribution in [0.25, 0.3) is 33.6 Å². The van der Waals surface area contributed by atoms with Crippen LogP contribution in [0.5, 0.6) is 0 Å². The summed E-state index contributed by atoms with van der Waals surface area (Å²) in [6.07, 6.45) is 0. The van der Waals surface area contributed by atoms with Gasteiger partial charge in [-0.3, -0.25) is 0 Å². The lowest BCUT2D eigenvalue weighted by molar-refractivity contribution is 0.660. The van der Waals surface area contributed by atoms with Crippen molar-refractivity contribution in [3.63, 3.8) is 0 Å². The zero-order chi connectivity index (χ0) is 19.3. The summed E-state index contributed by atoms with van der Waals surface area (Å²) in [6.45, 7) is 4.59. The molecule has 1 nitrogen and oxygen atoms in total. The Hall–Kier alpha value is -2.90. The summed E-state index contributed by atoms with van der Waals surface area (Å²) in [5, 5.41) is 0.701. The Kier molecular flexibility index (Phi) is 3.89. The predicted octanol–water partition coefficient (Wildman–Crippen LogP) is 7.38. The molecule has 5 rings (SSSR count). The highest BCUT2D eigenvalue weighted by atomic mass is 35.5. The van der Waals surface area contributed by atoms with E-state index in [2.05, 4.69) is 68.4 Å². The fourth-order valence-corrected chi connectivity index (χ4v) is 4.47. The molecule has 0 radical (unpaired) electrons. The van der Waals surface area contributed by atoms with E-state index in [1.807, 2.05) is 30.3 Å². The van der Waals surface area contributed by atoms with Crippen molar-refractivity contribution in [3.05, 3.63) is 101 Å². The fraction of sp³-hybridized carbons (Fsp3) is 0.115. The van der Waals surface area contributed by atoms with Crippen molar-refractivity contribution in [2.24, 2.45) is 0 Å². The molecule has 28 heavy (non-hydrogen) atoms. The van der Waals surface area contributed by atoms with Gasteiger partial charge in [0.1, 0.15) is 0 Å². The first kappa shape index (κ1) is 17.2. The Labute approximate surface area is 170 Å². The Morgan fingerprint density at radius 1 is 0.643 bits per heavy atom. The molecule has 0 aliphatic heterocycles. The van der Waals surface area contributed by atoms with Gasteiger partial charge in [0, 0.05) is 21.6 Å². The van der Waals surface area contributed by atoms with Gasteiger partial charge in [0.15, 0.2) is 0 Å². The lowest BCUT2D eigenvalue weighted by Gasteiger charge is -2.22. The van der Waals surface area contributed by atoms with E-state index in [9.17, 15) is 0 Å². The van der Waals surface area contributed by atoms with Crippen LogP contribution in [-0.2, 0) is 5.41 Å². The number of aromatic nitrogens is 1. The van der Waals surface area contributed by atoms with Crippen molar-refractivity contribution in [1.29, 1.82) is 0 Å². The van der Waals surface area contributed by atoms with Crippen molar-refractivity contribution < 1.29 is 0 Å². The normalized spacial score (nSPS) is 13.8. The molecule has 0 unspecified atom stereocenters. The van der Waals surface area contributed by atoms with Crippen molar-refractivity contribution >= 4 is 11.6 Å². The highest BCUT2D eigenvalue weighted by molar-refractivity contribution is 6.31. The molecule has 3 aromatic carbocycles. The first-order chi connectivity index (χ1) is 13.5. The molecular weight excluding hydrogens is 362 g/mol. The molecule has 0 N–H and O–H groups in total. The van der Waals surface area contributed by atoms with Crippen LogP contribution in [-0.4, -0.2) is 4.98 Å². The second-order valence-corrected chi connectivity index (χ2v) is 8.29. The van der Waals surface area contributed by atoms with E-state index in [1.165, 1.54) is 22.3 Å². The minimum Gasteiger partial charge on any atom is -0.248 e. The topological polar surface area (TPSA) is 12.9 Å². The van der Waals surface area contributed by atoms with E-state index in [0.29, 0.717) is 5.02 Å². The van der Waals surface area contributed by atoms with Gasteiger partial charge in [-0.2, -0.15) is 0 Å². The van der Waals surface area contributed by atoms with E-state index in [0.717, 1.165) is 22.5 Å². The Balaban J connectivity index is 1.65. The first-order valence-electron chi connectivity index (χ1n) is 9.52. The third-order valence-electron chi connectivity index (χ3n) is 5.74. The fourth-order valence-electron chi connectivity index (χ4n) is 4.27. The minimum absolute atomic E-state index is 0.0250. The molecule has 0 bridgehead atoms. The molecule has 136 valence electrons. The monoisotopic (exact) mass is 381 g/mol. The summed E-state index contributed by atoms with van der Waals surface area (Å²) in [4.78, 5) is 4.91. The van der Waals surface area contributed by atoms with E-state index in [1.54, 1.807) is 0 Å². The molecule has 0 saturated carbocycles. The van der Waals surface area contributed by atoms with Crippen molar-refractivity contribution in [2.45, 2.75) is 19.3 Å². The number of hydrogen-bond acceptors (Lipinski definition) is 1. The number of hydrogen-bond donors (Lipinski definition) is 0. The smallest absolute Gasteiger partial charge is 0.0724 e. The van der Waals surface area contributed by atoms with Gasteiger partial charge < -0.3 is 0 Å². The second kappa shape index (κ2) is 6.32. The summed E-state index contributed by atoms with van der Waals surface area (Å²) >= 11 is 6.46. The average Bonchev–Trinajstić information content (AvgIpc) is 2.95. The largest absolute Gasteiger partial charge is 0.248 e. The number of rotatable bonds is 2. The maximum absolute atomic E-state index is 6.46. The summed E-state index contributed by atoms with van der Waals surface area (Å²) in [5.41, 5.74) is 9.31. The maximum Gasteiger partial charge on any atom is 0.0724 e. The molecule has 1 aliphatic rings. The van der Waals surface area contributed by atoms with E-state index >= 15 is 0 Å². The van der Waals surface area contributed by atoms with Crippen LogP contribution in [0.1, 0.15) is 25.0 Å². The summed E-state index contributed by atoms with van der Waals surface area (Å²) in [6, 6.07) is 29.4. The molecule has 1 aromatic heterocycles. The predicted molar refractivity (Wildman–Crippen MR) is 118 cm³/mol. The number of halogens is 1. The third kappa shape index (κ3) is 2.66. The quantitative estimate of drug-likeness (QED) is 0.353. The van der Waals surface area contributed by atoms with Crippen molar-refractivity contribution in [2.75, 3.05) is 0 Å². The number of pyridine rings is 1. The van der Waals surface area contributed by atoms with Gasteiger partial charge in [0.25, 0.3) is 0 Å². The van der Waals surface area contributed by atoms with Gasteiger partial charge in [-0.1, -0.05) is 92.2 Å². The van der Waals surface area contributed by atoms with E-state index < -0.39 is 0 Å². The number of nitrogens with zero attached hydrogens (tertiary/aromatic N) is 1. The zero-order valence-electron chi connectivity index (χ0n) is 15.9. The molecule has 4 aromatic rings. The van der Waals surface area contributed by atoms with Crippen molar-refractivity contribution in [3.8, 4) is 33.6 Å². The van der Waals surface area contributed by atoms with Gasteiger partial charge in [-0.25, -0.2) is 4.98 Å². The van der Waals surface area contributed by atoms with Crippen LogP contribution in [0.15, 0.2) is 84.9 Å². The van der Waals surface area contributed by atoms with Gasteiger partial charge in [0.05, 0.1) is 11.4 Å². The summed E-state index contributed by atoms with van der Waals surface area (Å²) in [7, 11) is 0. The molecule has 0 amide bonds. The van der Waals surface area contributed by atoms with Gasteiger partial charge in [-0.15, -0.1) is 0 Å². The third-order valence-corrected chi connectivity index (χ3v) is 5.96. The van der Waals surface area contributed by atoms with Crippen LogP contribution < -0.4 is 0 Å². The minimum atomic E-state index is -0.0250. The number of benzene rings is 3. The van der Waals surface area contributed by atoms with Crippen LogP contribution in [0, 0.1) is 0 Å². The Bertz CT molecular complexity index is 1190. The van der Waals surface area contributed by atoms with E-state index in [-0.39, 0.29) is 5.41 Å². The maximum atomic E-state index is 6.46. The Morgan fingerprint density at radius 2 is 1.29 bits per heavy atom. The molecule has 2 heteroatoms.